The molecule has 0 aromatic heterocycles. The smallest absolute Gasteiger partial charge is 0.257 e. The first-order chi connectivity index (χ1) is 9.13. The van der Waals surface area contributed by atoms with Gasteiger partial charge in [0.15, 0.2) is 0 Å². The molecule has 1 saturated heterocycles. The van der Waals surface area contributed by atoms with Crippen LogP contribution in [0.15, 0.2) is 18.2 Å². The van der Waals surface area contributed by atoms with E-state index < -0.39 is 5.82 Å². The molecule has 0 spiro atoms. The SMILES string of the molecule is CCN(C(=O)c1cc(Cl)ccc1F)C1CCCNC1. The molecular weight excluding hydrogens is 267 g/mol. The molecule has 5 heteroatoms. The van der Waals surface area contributed by atoms with Crippen LogP contribution in [-0.4, -0.2) is 36.5 Å². The van der Waals surface area contributed by atoms with Crippen molar-refractivity contribution in [2.24, 2.45) is 0 Å². The van der Waals surface area contributed by atoms with E-state index in [1.165, 1.54) is 18.2 Å². The Bertz CT molecular complexity index is 461. The van der Waals surface area contributed by atoms with Crippen molar-refractivity contribution in [3.05, 3.63) is 34.6 Å². The molecule has 1 aliphatic heterocycles. The maximum Gasteiger partial charge on any atom is 0.257 e. The largest absolute Gasteiger partial charge is 0.335 e. The molecule has 1 unspecified atom stereocenters. The second-order valence-corrected chi connectivity index (χ2v) is 5.15. The van der Waals surface area contributed by atoms with Crippen molar-refractivity contribution in [3.8, 4) is 0 Å². The lowest BCUT2D eigenvalue weighted by molar-refractivity contribution is 0.0657. The fraction of sp³-hybridized carbons (Fsp3) is 0.500. The minimum Gasteiger partial charge on any atom is -0.335 e. The van der Waals surface area contributed by atoms with Gasteiger partial charge in [-0.3, -0.25) is 4.79 Å². The fourth-order valence-corrected chi connectivity index (χ4v) is 2.66. The highest BCUT2D eigenvalue weighted by molar-refractivity contribution is 6.31. The van der Waals surface area contributed by atoms with E-state index in [1.54, 1.807) is 4.90 Å². The third kappa shape index (κ3) is 3.25. The molecule has 1 N–H and O–H groups in total. The van der Waals surface area contributed by atoms with Crippen molar-refractivity contribution in [1.82, 2.24) is 10.2 Å². The van der Waals surface area contributed by atoms with Crippen molar-refractivity contribution in [3.63, 3.8) is 0 Å². The van der Waals surface area contributed by atoms with E-state index in [4.69, 9.17) is 11.6 Å². The average molecular weight is 285 g/mol. The van der Waals surface area contributed by atoms with E-state index in [0.29, 0.717) is 11.6 Å². The van der Waals surface area contributed by atoms with Crippen molar-refractivity contribution >= 4 is 17.5 Å². The lowest BCUT2D eigenvalue weighted by Crippen LogP contribution is -2.48. The Hall–Kier alpha value is -1.13. The average Bonchev–Trinajstić information content (AvgIpc) is 2.43. The molecule has 19 heavy (non-hydrogen) atoms. The molecule has 3 nitrogen and oxygen atoms in total. The lowest BCUT2D eigenvalue weighted by Gasteiger charge is -2.34. The van der Waals surface area contributed by atoms with E-state index >= 15 is 0 Å². The first-order valence-corrected chi connectivity index (χ1v) is 6.98. The third-order valence-electron chi connectivity index (χ3n) is 3.47. The number of rotatable bonds is 3. The number of likely N-dealkylation sites (N-methyl/N-ethyl adjacent to an activating group) is 1. The molecule has 1 fully saturated rings. The molecule has 0 aliphatic carbocycles. The highest BCUT2D eigenvalue weighted by Crippen LogP contribution is 2.19. The summed E-state index contributed by atoms with van der Waals surface area (Å²) in [6.45, 7) is 4.22. The van der Waals surface area contributed by atoms with Crippen LogP contribution < -0.4 is 5.32 Å². The number of hydrogen-bond acceptors (Lipinski definition) is 2. The number of carbonyl (C=O) groups is 1. The molecule has 1 atom stereocenters. The third-order valence-corrected chi connectivity index (χ3v) is 3.71. The van der Waals surface area contributed by atoms with Gasteiger partial charge in [0.2, 0.25) is 0 Å². The summed E-state index contributed by atoms with van der Waals surface area (Å²) in [7, 11) is 0. The molecule has 1 heterocycles. The highest BCUT2D eigenvalue weighted by atomic mass is 35.5. The van der Waals surface area contributed by atoms with Crippen molar-refractivity contribution in [1.29, 1.82) is 0 Å². The van der Waals surface area contributed by atoms with E-state index in [9.17, 15) is 9.18 Å². The van der Waals surface area contributed by atoms with Crippen LogP contribution in [0.25, 0.3) is 0 Å². The molecule has 104 valence electrons. The van der Waals surface area contributed by atoms with Gasteiger partial charge >= 0.3 is 0 Å². The van der Waals surface area contributed by atoms with E-state index in [-0.39, 0.29) is 17.5 Å². The van der Waals surface area contributed by atoms with Gasteiger partial charge in [-0.1, -0.05) is 11.6 Å². The Labute approximate surface area is 117 Å². The number of amides is 1. The van der Waals surface area contributed by atoms with Gasteiger partial charge in [-0.05, 0) is 44.5 Å². The Kier molecular flexibility index (Phi) is 4.77. The minimum absolute atomic E-state index is 0.0555. The van der Waals surface area contributed by atoms with Gasteiger partial charge in [0.05, 0.1) is 5.56 Å². The Balaban J connectivity index is 2.22. The zero-order valence-electron chi connectivity index (χ0n) is 11.0. The topological polar surface area (TPSA) is 32.3 Å². The van der Waals surface area contributed by atoms with Gasteiger partial charge in [0, 0.05) is 24.2 Å². The summed E-state index contributed by atoms with van der Waals surface area (Å²) in [5.41, 5.74) is 0.0555. The van der Waals surface area contributed by atoms with Crippen LogP contribution in [0.4, 0.5) is 4.39 Å². The van der Waals surface area contributed by atoms with Crippen molar-refractivity contribution in [2.45, 2.75) is 25.8 Å². The summed E-state index contributed by atoms with van der Waals surface area (Å²) in [6, 6.07) is 4.22. The second-order valence-electron chi connectivity index (χ2n) is 4.72. The summed E-state index contributed by atoms with van der Waals surface area (Å²) in [6.07, 6.45) is 1.99. The van der Waals surface area contributed by atoms with Crippen LogP contribution in [0.2, 0.25) is 5.02 Å². The van der Waals surface area contributed by atoms with Crippen molar-refractivity contribution in [2.75, 3.05) is 19.6 Å². The van der Waals surface area contributed by atoms with Crippen LogP contribution in [-0.2, 0) is 0 Å². The zero-order chi connectivity index (χ0) is 13.8. The molecule has 0 radical (unpaired) electrons. The van der Waals surface area contributed by atoms with Gasteiger partial charge in [-0.15, -0.1) is 0 Å². The predicted octanol–water partition coefficient (Wildman–Crippen LogP) is 2.69. The number of hydrogen-bond donors (Lipinski definition) is 1. The Morgan fingerprint density at radius 1 is 1.58 bits per heavy atom. The molecule has 1 amide bonds. The molecule has 1 aromatic rings. The summed E-state index contributed by atoms with van der Waals surface area (Å²) in [5, 5.41) is 3.65. The number of halogens is 2. The van der Waals surface area contributed by atoms with E-state index in [1.807, 2.05) is 6.92 Å². The van der Waals surface area contributed by atoms with Gasteiger partial charge in [-0.2, -0.15) is 0 Å². The van der Waals surface area contributed by atoms with Gasteiger partial charge < -0.3 is 10.2 Å². The zero-order valence-corrected chi connectivity index (χ0v) is 11.7. The van der Waals surface area contributed by atoms with Gasteiger partial charge in [0.25, 0.3) is 5.91 Å². The minimum atomic E-state index is -0.517. The van der Waals surface area contributed by atoms with Crippen molar-refractivity contribution < 1.29 is 9.18 Å². The highest BCUT2D eigenvalue weighted by Gasteiger charge is 2.26. The summed E-state index contributed by atoms with van der Waals surface area (Å²) < 4.78 is 13.8. The molecule has 0 bridgehead atoms. The quantitative estimate of drug-likeness (QED) is 0.926. The first-order valence-electron chi connectivity index (χ1n) is 6.60. The van der Waals surface area contributed by atoms with Crippen LogP contribution in [0.1, 0.15) is 30.1 Å². The Morgan fingerprint density at radius 2 is 2.37 bits per heavy atom. The predicted molar refractivity (Wildman–Crippen MR) is 74.0 cm³/mol. The van der Waals surface area contributed by atoms with Crippen LogP contribution in [0, 0.1) is 5.82 Å². The molecule has 1 aliphatic rings. The number of nitrogens with zero attached hydrogens (tertiary/aromatic N) is 1. The number of benzene rings is 1. The van der Waals surface area contributed by atoms with Crippen LogP contribution in [0.3, 0.4) is 0 Å². The maximum atomic E-state index is 13.8. The standard InChI is InChI=1S/C14H18ClFN2O/c1-2-18(11-4-3-7-17-9-11)14(19)12-8-10(15)5-6-13(12)16/h5-6,8,11,17H,2-4,7,9H2,1H3. The summed E-state index contributed by atoms with van der Waals surface area (Å²) in [5.74, 6) is -0.798. The Morgan fingerprint density at radius 3 is 3.00 bits per heavy atom. The molecule has 0 saturated carbocycles. The monoisotopic (exact) mass is 284 g/mol. The molecule has 2 rings (SSSR count). The van der Waals surface area contributed by atoms with E-state index in [2.05, 4.69) is 5.32 Å². The second kappa shape index (κ2) is 6.35. The normalized spacial score (nSPS) is 19.2. The number of nitrogens with one attached hydrogen (secondary N) is 1. The van der Waals surface area contributed by atoms with Gasteiger partial charge in [-0.25, -0.2) is 4.39 Å². The van der Waals surface area contributed by atoms with Gasteiger partial charge in [0.1, 0.15) is 5.82 Å². The van der Waals surface area contributed by atoms with Crippen LogP contribution >= 0.6 is 11.6 Å². The first kappa shape index (κ1) is 14.3. The molecule has 1 aromatic carbocycles. The lowest BCUT2D eigenvalue weighted by atomic mass is 10.0. The fourth-order valence-electron chi connectivity index (χ4n) is 2.48. The van der Waals surface area contributed by atoms with E-state index in [0.717, 1.165) is 25.9 Å². The van der Waals surface area contributed by atoms with Crippen LogP contribution in [0.5, 0.6) is 0 Å². The summed E-state index contributed by atoms with van der Waals surface area (Å²) in [4.78, 5) is 14.2. The number of carbonyl (C=O) groups excluding carboxylic acids is 1. The number of piperidine rings is 1. The molecular formula is C14H18ClFN2O. The summed E-state index contributed by atoms with van der Waals surface area (Å²) >= 11 is 5.84. The maximum absolute atomic E-state index is 13.8.